The van der Waals surface area contributed by atoms with E-state index in [0.717, 1.165) is 30.4 Å². The van der Waals surface area contributed by atoms with Gasteiger partial charge in [0, 0.05) is 12.5 Å². The van der Waals surface area contributed by atoms with Crippen molar-refractivity contribution in [3.63, 3.8) is 0 Å². The number of carbonyl (C=O) groups is 1. The molecule has 4 rings (SSSR count). The van der Waals surface area contributed by atoms with E-state index < -0.39 is 10.0 Å². The predicted octanol–water partition coefficient (Wildman–Crippen LogP) is 4.85. The second-order valence-electron chi connectivity index (χ2n) is 8.61. The first kappa shape index (κ1) is 23.2. The minimum Gasteiger partial charge on any atom is -0.349 e. The predicted molar refractivity (Wildman–Crippen MR) is 130 cm³/mol. The zero-order valence-electron chi connectivity index (χ0n) is 18.8. The fourth-order valence-corrected chi connectivity index (χ4v) is 5.61. The van der Waals surface area contributed by atoms with Gasteiger partial charge in [-0.25, -0.2) is 13.1 Å². The van der Waals surface area contributed by atoms with Crippen LogP contribution < -0.4 is 10.0 Å². The molecule has 0 unspecified atom stereocenters. The molecule has 3 aromatic carbocycles. The lowest BCUT2D eigenvalue weighted by atomic mass is 9.87. The summed E-state index contributed by atoms with van der Waals surface area (Å²) in [5, 5.41) is 3.17. The molecule has 5 nitrogen and oxygen atoms in total. The van der Waals surface area contributed by atoms with E-state index in [0.29, 0.717) is 12.8 Å². The van der Waals surface area contributed by atoms with Crippen LogP contribution in [0.4, 0.5) is 0 Å². The second kappa shape index (κ2) is 10.3. The standard InChI is InChI=1S/C27H30N2O3S/c1-20(22-8-3-2-4-9-22)29-33(31,32)24-17-14-21(15-18-24)16-19-27(30)28-26-13-7-11-23-10-5-6-12-25(23)26/h2-6,8-10,12,14-15,17-18,20,26,29H,7,11,13,16,19H2,1H3,(H,28,30)/t20-,26-/m1/s1. The molecule has 0 heterocycles. The normalized spacial score (nSPS) is 16.6. The van der Waals surface area contributed by atoms with Crippen molar-refractivity contribution >= 4 is 15.9 Å². The first-order chi connectivity index (χ1) is 15.9. The number of nitrogens with one attached hydrogen (secondary N) is 2. The van der Waals surface area contributed by atoms with Gasteiger partial charge in [0.05, 0.1) is 10.9 Å². The van der Waals surface area contributed by atoms with Crippen molar-refractivity contribution in [1.29, 1.82) is 0 Å². The Labute approximate surface area is 196 Å². The van der Waals surface area contributed by atoms with Gasteiger partial charge < -0.3 is 5.32 Å². The van der Waals surface area contributed by atoms with Crippen LogP contribution >= 0.6 is 0 Å². The van der Waals surface area contributed by atoms with Crippen molar-refractivity contribution in [1.82, 2.24) is 10.0 Å². The van der Waals surface area contributed by atoms with Crippen LogP contribution in [0.3, 0.4) is 0 Å². The number of hydrogen-bond acceptors (Lipinski definition) is 3. The Hall–Kier alpha value is -2.96. The first-order valence-corrected chi connectivity index (χ1v) is 12.9. The average Bonchev–Trinajstić information content (AvgIpc) is 2.83. The summed E-state index contributed by atoms with van der Waals surface area (Å²) in [5.74, 6) is 0.0201. The third kappa shape index (κ3) is 5.89. The number of benzene rings is 3. The lowest BCUT2D eigenvalue weighted by molar-refractivity contribution is -0.121. The molecule has 6 heteroatoms. The SMILES string of the molecule is C[C@@H](NS(=O)(=O)c1ccc(CCC(=O)N[C@@H]2CCCc3ccccc32)cc1)c1ccccc1. The quantitative estimate of drug-likeness (QED) is 0.502. The summed E-state index contributed by atoms with van der Waals surface area (Å²) in [4.78, 5) is 12.8. The number of hydrogen-bond donors (Lipinski definition) is 2. The fourth-order valence-electron chi connectivity index (χ4n) is 4.37. The summed E-state index contributed by atoms with van der Waals surface area (Å²) in [7, 11) is -3.63. The molecule has 0 aromatic heterocycles. The van der Waals surface area contributed by atoms with E-state index in [4.69, 9.17) is 0 Å². The van der Waals surface area contributed by atoms with Crippen LogP contribution in [-0.2, 0) is 27.7 Å². The second-order valence-corrected chi connectivity index (χ2v) is 10.3. The molecule has 1 amide bonds. The molecule has 0 spiro atoms. The Morgan fingerprint density at radius 1 is 0.970 bits per heavy atom. The lowest BCUT2D eigenvalue weighted by Gasteiger charge is -2.26. The monoisotopic (exact) mass is 462 g/mol. The van der Waals surface area contributed by atoms with E-state index in [1.54, 1.807) is 24.3 Å². The third-order valence-electron chi connectivity index (χ3n) is 6.21. The van der Waals surface area contributed by atoms with E-state index in [1.807, 2.05) is 49.4 Å². The third-order valence-corrected chi connectivity index (χ3v) is 7.77. The average molecular weight is 463 g/mol. The van der Waals surface area contributed by atoms with Gasteiger partial charge in [-0.2, -0.15) is 0 Å². The van der Waals surface area contributed by atoms with Gasteiger partial charge in [0.15, 0.2) is 0 Å². The smallest absolute Gasteiger partial charge is 0.241 e. The summed E-state index contributed by atoms with van der Waals surface area (Å²) in [6, 6.07) is 24.3. The van der Waals surface area contributed by atoms with Crippen molar-refractivity contribution in [2.24, 2.45) is 0 Å². The van der Waals surface area contributed by atoms with E-state index in [1.165, 1.54) is 11.1 Å². The Morgan fingerprint density at radius 3 is 2.42 bits per heavy atom. The van der Waals surface area contributed by atoms with Gasteiger partial charge in [-0.05, 0) is 67.0 Å². The maximum Gasteiger partial charge on any atom is 0.241 e. The number of sulfonamides is 1. The fraction of sp³-hybridized carbons (Fsp3) is 0.296. The summed E-state index contributed by atoms with van der Waals surface area (Å²) >= 11 is 0. The van der Waals surface area contributed by atoms with Crippen molar-refractivity contribution in [3.05, 3.63) is 101 Å². The van der Waals surface area contributed by atoms with Crippen LogP contribution in [0.25, 0.3) is 0 Å². The van der Waals surface area contributed by atoms with E-state index in [9.17, 15) is 13.2 Å². The maximum absolute atomic E-state index is 12.7. The van der Waals surface area contributed by atoms with Gasteiger partial charge in [-0.1, -0.05) is 66.7 Å². The summed E-state index contributed by atoms with van der Waals surface area (Å²) in [5.41, 5.74) is 4.39. The molecule has 0 saturated carbocycles. The van der Waals surface area contributed by atoms with Crippen molar-refractivity contribution in [3.8, 4) is 0 Å². The first-order valence-electron chi connectivity index (χ1n) is 11.5. The van der Waals surface area contributed by atoms with E-state index >= 15 is 0 Å². The van der Waals surface area contributed by atoms with Crippen LogP contribution in [0.2, 0.25) is 0 Å². The molecule has 0 bridgehead atoms. The van der Waals surface area contributed by atoms with Gasteiger partial charge >= 0.3 is 0 Å². The van der Waals surface area contributed by atoms with E-state index in [-0.39, 0.29) is 22.9 Å². The van der Waals surface area contributed by atoms with Crippen molar-refractivity contribution in [2.45, 2.75) is 56.0 Å². The maximum atomic E-state index is 12.7. The Morgan fingerprint density at radius 2 is 1.67 bits per heavy atom. The van der Waals surface area contributed by atoms with Gasteiger partial charge in [0.25, 0.3) is 0 Å². The summed E-state index contributed by atoms with van der Waals surface area (Å²) in [6.07, 6.45) is 4.04. The molecule has 2 atom stereocenters. The number of carbonyl (C=O) groups excluding carboxylic acids is 1. The van der Waals surface area contributed by atoms with Crippen molar-refractivity contribution in [2.75, 3.05) is 0 Å². The highest BCUT2D eigenvalue weighted by atomic mass is 32.2. The number of rotatable bonds is 8. The number of aryl methyl sites for hydroxylation is 2. The minimum absolute atomic E-state index is 0.0201. The summed E-state index contributed by atoms with van der Waals surface area (Å²) in [6.45, 7) is 1.82. The number of fused-ring (bicyclic) bond motifs is 1. The topological polar surface area (TPSA) is 75.3 Å². The van der Waals surface area contributed by atoms with Crippen LogP contribution in [0.1, 0.15) is 60.5 Å². The van der Waals surface area contributed by atoms with Crippen LogP contribution in [0, 0.1) is 0 Å². The van der Waals surface area contributed by atoms with Crippen molar-refractivity contribution < 1.29 is 13.2 Å². The van der Waals surface area contributed by atoms with Gasteiger partial charge in [-0.3, -0.25) is 4.79 Å². The Kier molecular flexibility index (Phi) is 7.26. The zero-order valence-corrected chi connectivity index (χ0v) is 19.6. The van der Waals surface area contributed by atoms with E-state index in [2.05, 4.69) is 22.2 Å². The molecular weight excluding hydrogens is 432 g/mol. The molecule has 0 fully saturated rings. The molecule has 0 aliphatic heterocycles. The molecule has 3 aromatic rings. The van der Waals surface area contributed by atoms with Crippen LogP contribution in [-0.4, -0.2) is 14.3 Å². The largest absolute Gasteiger partial charge is 0.349 e. The van der Waals surface area contributed by atoms with Gasteiger partial charge in [0.1, 0.15) is 0 Å². The highest BCUT2D eigenvalue weighted by Gasteiger charge is 2.21. The molecule has 2 N–H and O–H groups in total. The molecule has 0 saturated heterocycles. The molecule has 0 radical (unpaired) electrons. The zero-order chi connectivity index (χ0) is 23.3. The minimum atomic E-state index is -3.63. The molecular formula is C27H30N2O3S. The van der Waals surface area contributed by atoms with Crippen LogP contribution in [0.15, 0.2) is 83.8 Å². The van der Waals surface area contributed by atoms with Gasteiger partial charge in [-0.15, -0.1) is 0 Å². The highest BCUT2D eigenvalue weighted by Crippen LogP contribution is 2.29. The highest BCUT2D eigenvalue weighted by molar-refractivity contribution is 7.89. The Bertz CT molecular complexity index is 1190. The van der Waals surface area contributed by atoms with Gasteiger partial charge in [0.2, 0.25) is 15.9 Å². The summed E-state index contributed by atoms with van der Waals surface area (Å²) < 4.78 is 28.2. The molecule has 172 valence electrons. The number of amides is 1. The molecule has 33 heavy (non-hydrogen) atoms. The lowest BCUT2D eigenvalue weighted by Crippen LogP contribution is -2.31. The molecule has 1 aliphatic carbocycles. The van der Waals surface area contributed by atoms with Crippen LogP contribution in [0.5, 0.6) is 0 Å². The Balaban J connectivity index is 1.32. The molecule has 1 aliphatic rings.